The van der Waals surface area contributed by atoms with Crippen molar-refractivity contribution in [2.45, 2.75) is 25.7 Å². The fourth-order valence-electron chi connectivity index (χ4n) is 2.22. The Hall–Kier alpha value is -2.12. The monoisotopic (exact) mass is 291 g/mol. The molecule has 0 unspecified atom stereocenters. The molecule has 7 heteroatoms. The third-order valence-electron chi connectivity index (χ3n) is 3.36. The van der Waals surface area contributed by atoms with E-state index in [0.29, 0.717) is 24.2 Å². The van der Waals surface area contributed by atoms with Gasteiger partial charge in [-0.05, 0) is 32.0 Å². The summed E-state index contributed by atoms with van der Waals surface area (Å²) in [5.41, 5.74) is 0.664. The third kappa shape index (κ3) is 2.98. The van der Waals surface area contributed by atoms with Crippen molar-refractivity contribution in [2.24, 2.45) is 0 Å². The van der Waals surface area contributed by atoms with E-state index in [-0.39, 0.29) is 6.04 Å². The van der Waals surface area contributed by atoms with E-state index >= 15 is 0 Å². The number of hydrogen-bond donors (Lipinski definition) is 3. The highest BCUT2D eigenvalue weighted by Gasteiger charge is 2.28. The maximum atomic E-state index is 11.3. The summed E-state index contributed by atoms with van der Waals surface area (Å²) < 4.78 is 11.2. The lowest BCUT2D eigenvalue weighted by molar-refractivity contribution is -0.247. The molecule has 2 aromatic rings. The first-order chi connectivity index (χ1) is 9.93. The van der Waals surface area contributed by atoms with Crippen LogP contribution < -0.4 is 16.4 Å². The number of aromatic amines is 2. The number of aromatic nitrogens is 2. The smallest absolute Gasteiger partial charge is 0.314 e. The van der Waals surface area contributed by atoms with Gasteiger partial charge in [-0.2, -0.15) is 0 Å². The maximum Gasteiger partial charge on any atom is 0.314 e. The molecule has 112 valence electrons. The molecule has 1 aromatic carbocycles. The van der Waals surface area contributed by atoms with Crippen molar-refractivity contribution in [1.82, 2.24) is 9.97 Å². The van der Waals surface area contributed by atoms with Gasteiger partial charge in [0.1, 0.15) is 0 Å². The summed E-state index contributed by atoms with van der Waals surface area (Å²) >= 11 is 0. The fourth-order valence-corrected chi connectivity index (χ4v) is 2.22. The van der Waals surface area contributed by atoms with Crippen molar-refractivity contribution in [3.05, 3.63) is 38.9 Å². The largest absolute Gasteiger partial charge is 0.378 e. The second-order valence-electron chi connectivity index (χ2n) is 5.53. The molecular formula is C14H17N3O4. The van der Waals surface area contributed by atoms with Gasteiger partial charge in [-0.1, -0.05) is 0 Å². The Kier molecular flexibility index (Phi) is 3.30. The summed E-state index contributed by atoms with van der Waals surface area (Å²) in [5, 5.41) is 3.28. The number of rotatable bonds is 2. The highest BCUT2D eigenvalue weighted by atomic mass is 16.7. The summed E-state index contributed by atoms with van der Waals surface area (Å²) in [7, 11) is 0. The van der Waals surface area contributed by atoms with Crippen molar-refractivity contribution in [3.63, 3.8) is 0 Å². The molecule has 1 aliphatic heterocycles. The average Bonchev–Trinajstić information content (AvgIpc) is 2.43. The zero-order chi connectivity index (χ0) is 15.0. The van der Waals surface area contributed by atoms with Crippen LogP contribution in [0.3, 0.4) is 0 Å². The second-order valence-corrected chi connectivity index (χ2v) is 5.53. The normalized spacial score (nSPS) is 18.8. The number of anilines is 1. The first-order valence-electron chi connectivity index (χ1n) is 6.74. The molecular weight excluding hydrogens is 274 g/mol. The zero-order valence-electron chi connectivity index (χ0n) is 11.9. The first kappa shape index (κ1) is 13.8. The van der Waals surface area contributed by atoms with E-state index in [2.05, 4.69) is 15.3 Å². The number of nitrogens with one attached hydrogen (secondary N) is 3. The molecule has 2 heterocycles. The summed E-state index contributed by atoms with van der Waals surface area (Å²) in [6.45, 7) is 4.82. The van der Waals surface area contributed by atoms with Gasteiger partial charge in [-0.15, -0.1) is 0 Å². The molecule has 0 atom stereocenters. The van der Waals surface area contributed by atoms with E-state index in [4.69, 9.17) is 9.47 Å². The van der Waals surface area contributed by atoms with Gasteiger partial charge in [-0.3, -0.25) is 9.59 Å². The Bertz CT molecular complexity index is 768. The molecule has 1 aliphatic rings. The molecule has 3 rings (SSSR count). The zero-order valence-corrected chi connectivity index (χ0v) is 11.9. The molecule has 1 fully saturated rings. The number of benzene rings is 1. The van der Waals surface area contributed by atoms with E-state index in [1.54, 1.807) is 12.1 Å². The molecule has 0 spiro atoms. The minimum Gasteiger partial charge on any atom is -0.378 e. The topological polar surface area (TPSA) is 96.2 Å². The van der Waals surface area contributed by atoms with Gasteiger partial charge in [0.2, 0.25) is 0 Å². The third-order valence-corrected chi connectivity index (χ3v) is 3.36. The van der Waals surface area contributed by atoms with E-state index in [1.807, 2.05) is 19.9 Å². The molecule has 0 radical (unpaired) electrons. The van der Waals surface area contributed by atoms with E-state index < -0.39 is 16.9 Å². The van der Waals surface area contributed by atoms with Crippen LogP contribution in [0.1, 0.15) is 13.8 Å². The molecule has 0 saturated carbocycles. The molecule has 1 aromatic heterocycles. The Morgan fingerprint density at radius 3 is 2.38 bits per heavy atom. The fraction of sp³-hybridized carbons (Fsp3) is 0.429. The Balaban J connectivity index is 1.80. The summed E-state index contributed by atoms with van der Waals surface area (Å²) in [6.07, 6.45) is 0. The van der Waals surface area contributed by atoms with Crippen LogP contribution in [0.4, 0.5) is 5.69 Å². The molecule has 1 saturated heterocycles. The molecule has 0 aliphatic carbocycles. The maximum absolute atomic E-state index is 11.3. The van der Waals surface area contributed by atoms with Crippen LogP contribution in [-0.4, -0.2) is 35.0 Å². The summed E-state index contributed by atoms with van der Waals surface area (Å²) in [6, 6.07) is 5.37. The standard InChI is InChI=1S/C14H17N3O4/c1-14(2)20-6-9(7-21-14)15-8-3-4-10-11(5-8)17-13(19)12(18)16-10/h3-5,9,15H,6-7H2,1-2H3,(H,16,18)(H,17,19). The number of hydrogen-bond acceptors (Lipinski definition) is 5. The van der Waals surface area contributed by atoms with Crippen LogP contribution in [0, 0.1) is 0 Å². The van der Waals surface area contributed by atoms with Gasteiger partial charge in [0, 0.05) is 5.69 Å². The lowest BCUT2D eigenvalue weighted by Gasteiger charge is -2.35. The van der Waals surface area contributed by atoms with Gasteiger partial charge in [0.15, 0.2) is 5.79 Å². The Morgan fingerprint density at radius 2 is 1.71 bits per heavy atom. The minimum absolute atomic E-state index is 0.0324. The highest BCUT2D eigenvalue weighted by Crippen LogP contribution is 2.20. The average molecular weight is 291 g/mol. The molecule has 21 heavy (non-hydrogen) atoms. The number of fused-ring (bicyclic) bond motifs is 1. The van der Waals surface area contributed by atoms with Crippen LogP contribution in [0.2, 0.25) is 0 Å². The quantitative estimate of drug-likeness (QED) is 0.711. The molecule has 0 bridgehead atoms. The van der Waals surface area contributed by atoms with Crippen LogP contribution in [0.5, 0.6) is 0 Å². The second kappa shape index (κ2) is 5.01. The van der Waals surface area contributed by atoms with Gasteiger partial charge in [0.05, 0.1) is 30.3 Å². The summed E-state index contributed by atoms with van der Waals surface area (Å²) in [5.74, 6) is -0.549. The lowest BCUT2D eigenvalue weighted by Crippen LogP contribution is -2.45. The predicted octanol–water partition coefficient (Wildman–Crippen LogP) is 0.780. The van der Waals surface area contributed by atoms with E-state index in [9.17, 15) is 9.59 Å². The van der Waals surface area contributed by atoms with Crippen molar-refractivity contribution >= 4 is 16.7 Å². The van der Waals surface area contributed by atoms with Gasteiger partial charge >= 0.3 is 11.1 Å². The Labute approximate surface area is 120 Å². The van der Waals surface area contributed by atoms with Crippen molar-refractivity contribution in [3.8, 4) is 0 Å². The molecule has 3 N–H and O–H groups in total. The van der Waals surface area contributed by atoms with Gasteiger partial charge in [-0.25, -0.2) is 0 Å². The van der Waals surface area contributed by atoms with Crippen LogP contribution in [-0.2, 0) is 9.47 Å². The first-order valence-corrected chi connectivity index (χ1v) is 6.74. The SMILES string of the molecule is CC1(C)OCC(Nc2ccc3[nH]c(=O)c(=O)[nH]c3c2)CO1. The van der Waals surface area contributed by atoms with Gasteiger partial charge in [0.25, 0.3) is 0 Å². The highest BCUT2D eigenvalue weighted by molar-refractivity contribution is 5.78. The lowest BCUT2D eigenvalue weighted by atomic mass is 10.2. The van der Waals surface area contributed by atoms with Gasteiger partial charge < -0.3 is 24.8 Å². The minimum atomic E-state index is -0.661. The van der Waals surface area contributed by atoms with E-state index in [0.717, 1.165) is 5.69 Å². The number of H-pyrrole nitrogens is 2. The number of ether oxygens (including phenoxy) is 2. The molecule has 0 amide bonds. The van der Waals surface area contributed by atoms with Crippen molar-refractivity contribution in [2.75, 3.05) is 18.5 Å². The van der Waals surface area contributed by atoms with Crippen molar-refractivity contribution < 1.29 is 9.47 Å². The summed E-state index contributed by atoms with van der Waals surface area (Å²) in [4.78, 5) is 27.7. The Morgan fingerprint density at radius 1 is 1.10 bits per heavy atom. The predicted molar refractivity (Wildman–Crippen MR) is 78.6 cm³/mol. The van der Waals surface area contributed by atoms with Crippen LogP contribution in [0.15, 0.2) is 27.8 Å². The van der Waals surface area contributed by atoms with Crippen LogP contribution >= 0.6 is 0 Å². The van der Waals surface area contributed by atoms with E-state index in [1.165, 1.54) is 0 Å². The van der Waals surface area contributed by atoms with Crippen LogP contribution in [0.25, 0.3) is 11.0 Å². The molecule has 7 nitrogen and oxygen atoms in total. The van der Waals surface area contributed by atoms with Crippen molar-refractivity contribution in [1.29, 1.82) is 0 Å².